The Morgan fingerprint density at radius 1 is 1.38 bits per heavy atom. The molecule has 0 saturated heterocycles. The molecule has 0 spiro atoms. The molecule has 0 radical (unpaired) electrons. The first-order valence-electron chi connectivity index (χ1n) is 6.73. The van der Waals surface area contributed by atoms with Crippen molar-refractivity contribution in [2.24, 2.45) is 5.73 Å². The van der Waals surface area contributed by atoms with E-state index in [-0.39, 0.29) is 13.0 Å². The molecule has 0 aromatic heterocycles. The molecule has 0 bridgehead atoms. The number of carbonyl (C=O) groups excluding carboxylic acids is 3. The van der Waals surface area contributed by atoms with Gasteiger partial charge in [0.25, 0.3) is 0 Å². The van der Waals surface area contributed by atoms with Gasteiger partial charge < -0.3 is 31.0 Å². The minimum atomic E-state index is -1.00. The maximum atomic E-state index is 11.7. The summed E-state index contributed by atoms with van der Waals surface area (Å²) in [6.07, 6.45) is -0.978. The molecule has 0 aromatic rings. The van der Waals surface area contributed by atoms with Gasteiger partial charge in [-0.3, -0.25) is 4.79 Å². The highest BCUT2D eigenvalue weighted by Crippen LogP contribution is 2.06. The van der Waals surface area contributed by atoms with Gasteiger partial charge in [-0.25, -0.2) is 4.79 Å². The lowest BCUT2D eigenvalue weighted by atomic mass is 10.1. The number of aldehydes is 1. The number of rotatable bonds is 7. The Kier molecular flexibility index (Phi) is 7.90. The minimum absolute atomic E-state index is 0.157. The van der Waals surface area contributed by atoms with Gasteiger partial charge >= 0.3 is 6.09 Å². The van der Waals surface area contributed by atoms with Crippen molar-refractivity contribution in [1.82, 2.24) is 10.6 Å². The molecule has 0 heterocycles. The molecule has 3 atom stereocenters. The Labute approximate surface area is 124 Å². The molecule has 122 valence electrons. The van der Waals surface area contributed by atoms with Gasteiger partial charge in [-0.15, -0.1) is 0 Å². The highest BCUT2D eigenvalue weighted by atomic mass is 16.6. The first-order chi connectivity index (χ1) is 9.56. The molecule has 0 aromatic carbocycles. The maximum Gasteiger partial charge on any atom is 0.407 e. The summed E-state index contributed by atoms with van der Waals surface area (Å²) in [5.41, 5.74) is 5.03. The average Bonchev–Trinajstić information content (AvgIpc) is 2.32. The van der Waals surface area contributed by atoms with Crippen LogP contribution in [0.4, 0.5) is 4.79 Å². The molecule has 21 heavy (non-hydrogen) atoms. The molecule has 8 heteroatoms. The molecule has 5 N–H and O–H groups in total. The fourth-order valence-electron chi connectivity index (χ4n) is 1.31. The fraction of sp³-hybridized carbons (Fsp3) is 0.769. The van der Waals surface area contributed by atoms with Crippen molar-refractivity contribution in [3.63, 3.8) is 0 Å². The summed E-state index contributed by atoms with van der Waals surface area (Å²) in [5, 5.41) is 14.0. The number of aliphatic hydroxyl groups is 1. The van der Waals surface area contributed by atoms with Crippen LogP contribution >= 0.6 is 0 Å². The van der Waals surface area contributed by atoms with E-state index in [1.807, 2.05) is 0 Å². The summed E-state index contributed by atoms with van der Waals surface area (Å²) in [6, 6.07) is -1.90. The molecule has 0 fully saturated rings. The number of amides is 2. The van der Waals surface area contributed by atoms with E-state index in [0.29, 0.717) is 6.29 Å². The Hall–Kier alpha value is -1.67. The van der Waals surface area contributed by atoms with Gasteiger partial charge in [-0.2, -0.15) is 0 Å². The number of hydrogen-bond acceptors (Lipinski definition) is 6. The molecule has 0 saturated carbocycles. The van der Waals surface area contributed by atoms with Gasteiger partial charge in [0.05, 0.1) is 12.1 Å². The third kappa shape index (κ3) is 8.98. The van der Waals surface area contributed by atoms with E-state index in [2.05, 4.69) is 10.6 Å². The van der Waals surface area contributed by atoms with Crippen LogP contribution in [0, 0.1) is 0 Å². The second-order valence-electron chi connectivity index (χ2n) is 5.73. The van der Waals surface area contributed by atoms with Crippen molar-refractivity contribution in [3.05, 3.63) is 0 Å². The Morgan fingerprint density at radius 3 is 2.38 bits per heavy atom. The fourth-order valence-corrected chi connectivity index (χ4v) is 1.31. The van der Waals surface area contributed by atoms with Crippen molar-refractivity contribution in [1.29, 1.82) is 0 Å². The van der Waals surface area contributed by atoms with Gasteiger partial charge in [-0.1, -0.05) is 0 Å². The van der Waals surface area contributed by atoms with Crippen molar-refractivity contribution >= 4 is 18.3 Å². The lowest BCUT2D eigenvalue weighted by Crippen LogP contribution is -2.50. The third-order valence-electron chi connectivity index (χ3n) is 2.44. The van der Waals surface area contributed by atoms with Gasteiger partial charge in [0.1, 0.15) is 17.9 Å². The maximum absolute atomic E-state index is 11.7. The Balaban J connectivity index is 4.09. The van der Waals surface area contributed by atoms with Gasteiger partial charge in [0.2, 0.25) is 5.91 Å². The predicted octanol–water partition coefficient (Wildman–Crippen LogP) is -0.707. The van der Waals surface area contributed by atoms with E-state index < -0.39 is 35.8 Å². The van der Waals surface area contributed by atoms with Crippen LogP contribution in [0.2, 0.25) is 0 Å². The summed E-state index contributed by atoms with van der Waals surface area (Å²) < 4.78 is 5.02. The van der Waals surface area contributed by atoms with E-state index in [1.54, 1.807) is 20.8 Å². The van der Waals surface area contributed by atoms with Crippen LogP contribution in [0.5, 0.6) is 0 Å². The molecular formula is C13H25N3O5. The first kappa shape index (κ1) is 19.3. The zero-order valence-electron chi connectivity index (χ0n) is 12.9. The second-order valence-corrected chi connectivity index (χ2v) is 5.73. The van der Waals surface area contributed by atoms with Crippen LogP contribution in [-0.2, 0) is 14.3 Å². The number of hydrogen-bond donors (Lipinski definition) is 4. The number of ether oxygens (including phenoxy) is 1. The number of nitrogens with two attached hydrogens (primary N) is 1. The summed E-state index contributed by atoms with van der Waals surface area (Å²) >= 11 is 0. The highest BCUT2D eigenvalue weighted by molar-refractivity contribution is 5.84. The second kappa shape index (κ2) is 8.58. The molecule has 0 unspecified atom stereocenters. The van der Waals surface area contributed by atoms with E-state index in [1.165, 1.54) is 6.92 Å². The van der Waals surface area contributed by atoms with Gasteiger partial charge in [0.15, 0.2) is 0 Å². The number of alkyl carbamates (subject to hydrolysis) is 1. The smallest absolute Gasteiger partial charge is 0.407 e. The Bertz CT molecular complexity index is 365. The molecule has 0 aliphatic heterocycles. The predicted molar refractivity (Wildman–Crippen MR) is 76.5 cm³/mol. The molecule has 0 aliphatic rings. The van der Waals surface area contributed by atoms with E-state index in [4.69, 9.17) is 10.5 Å². The zero-order chi connectivity index (χ0) is 16.6. The summed E-state index contributed by atoms with van der Waals surface area (Å²) in [7, 11) is 0. The van der Waals surface area contributed by atoms with Gasteiger partial charge in [0, 0.05) is 6.54 Å². The highest BCUT2D eigenvalue weighted by Gasteiger charge is 2.21. The van der Waals surface area contributed by atoms with E-state index in [0.717, 1.165) is 0 Å². The van der Waals surface area contributed by atoms with Crippen molar-refractivity contribution in [3.8, 4) is 0 Å². The number of carbonyl (C=O) groups is 3. The topological polar surface area (TPSA) is 131 Å². The molecule has 2 amide bonds. The monoisotopic (exact) mass is 303 g/mol. The summed E-state index contributed by atoms with van der Waals surface area (Å²) in [5.74, 6) is -0.570. The van der Waals surface area contributed by atoms with E-state index >= 15 is 0 Å². The van der Waals surface area contributed by atoms with Crippen LogP contribution in [0.1, 0.15) is 34.1 Å². The van der Waals surface area contributed by atoms with Crippen LogP contribution in [0.25, 0.3) is 0 Å². The molecular weight excluding hydrogens is 278 g/mol. The minimum Gasteiger partial charge on any atom is -0.444 e. The summed E-state index contributed by atoms with van der Waals surface area (Å²) in [6.45, 7) is 6.75. The molecule has 0 aliphatic carbocycles. The molecule has 0 rings (SSSR count). The van der Waals surface area contributed by atoms with Crippen molar-refractivity contribution < 1.29 is 24.2 Å². The van der Waals surface area contributed by atoms with Crippen LogP contribution in [-0.4, -0.2) is 53.7 Å². The van der Waals surface area contributed by atoms with Gasteiger partial charge in [-0.05, 0) is 34.1 Å². The van der Waals surface area contributed by atoms with Crippen LogP contribution in [0.3, 0.4) is 0 Å². The zero-order valence-corrected chi connectivity index (χ0v) is 12.9. The van der Waals surface area contributed by atoms with E-state index in [9.17, 15) is 19.5 Å². The van der Waals surface area contributed by atoms with Crippen molar-refractivity contribution in [2.75, 3.05) is 6.54 Å². The largest absolute Gasteiger partial charge is 0.444 e. The molecule has 8 nitrogen and oxygen atoms in total. The third-order valence-corrected chi connectivity index (χ3v) is 2.44. The van der Waals surface area contributed by atoms with Crippen molar-refractivity contribution in [2.45, 2.75) is 57.9 Å². The number of aliphatic hydroxyl groups excluding tert-OH is 1. The average molecular weight is 303 g/mol. The summed E-state index contributed by atoms with van der Waals surface area (Å²) in [4.78, 5) is 33.7. The lowest BCUT2D eigenvalue weighted by molar-refractivity contribution is -0.126. The standard InChI is InChI=1S/C13H25N3O5/c1-8(18)10(7-17)16-11(19)9(14)5-6-15-12(20)21-13(2,3)4/h7-10,18H,5-6,14H2,1-4H3,(H,15,20)(H,16,19)/t8-,9+,10-/m1/s1. The Morgan fingerprint density at radius 2 is 1.95 bits per heavy atom. The normalized spacial score (nSPS) is 15.5. The first-order valence-corrected chi connectivity index (χ1v) is 6.73. The number of nitrogens with one attached hydrogen (secondary N) is 2. The quantitative estimate of drug-likeness (QED) is 0.460. The lowest BCUT2D eigenvalue weighted by Gasteiger charge is -2.21. The van der Waals surface area contributed by atoms with Crippen LogP contribution < -0.4 is 16.4 Å². The van der Waals surface area contributed by atoms with Crippen LogP contribution in [0.15, 0.2) is 0 Å². The SMILES string of the molecule is C[C@@H](O)[C@@H](C=O)NC(=O)[C@@H](N)CCNC(=O)OC(C)(C)C.